The molecule has 0 atom stereocenters. The second-order valence-corrected chi connectivity index (χ2v) is 2.98. The molecule has 0 aliphatic heterocycles. The van der Waals surface area contributed by atoms with Crippen molar-refractivity contribution in [3.63, 3.8) is 0 Å². The SMILES string of the molecule is CCCCc1c(O)nc(N=[N+]=[N-])[nH]c1=O. The van der Waals surface area contributed by atoms with Crippen LogP contribution in [-0.2, 0) is 6.42 Å². The molecule has 2 N–H and O–H groups in total. The van der Waals surface area contributed by atoms with Crippen LogP contribution < -0.4 is 5.56 Å². The summed E-state index contributed by atoms with van der Waals surface area (Å²) in [6, 6.07) is 0. The number of aromatic hydroxyl groups is 1. The molecule has 0 aliphatic carbocycles. The molecule has 0 aliphatic rings. The molecular weight excluding hydrogens is 198 g/mol. The maximum absolute atomic E-state index is 11.4. The normalized spacial score (nSPS) is 9.67. The fourth-order valence-corrected chi connectivity index (χ4v) is 1.14. The predicted molar refractivity (Wildman–Crippen MR) is 53.9 cm³/mol. The van der Waals surface area contributed by atoms with Gasteiger partial charge in [-0.05, 0) is 23.5 Å². The smallest absolute Gasteiger partial charge is 0.258 e. The van der Waals surface area contributed by atoms with Crippen molar-refractivity contribution in [1.29, 1.82) is 0 Å². The molecular formula is C8H11N5O2. The Morgan fingerprint density at radius 1 is 1.67 bits per heavy atom. The lowest BCUT2D eigenvalue weighted by Gasteiger charge is -2.01. The Morgan fingerprint density at radius 3 is 2.93 bits per heavy atom. The first kappa shape index (κ1) is 11.1. The molecule has 7 nitrogen and oxygen atoms in total. The van der Waals surface area contributed by atoms with E-state index in [0.717, 1.165) is 12.8 Å². The van der Waals surface area contributed by atoms with E-state index < -0.39 is 5.56 Å². The lowest BCUT2D eigenvalue weighted by atomic mass is 10.1. The third-order valence-corrected chi connectivity index (χ3v) is 1.90. The van der Waals surface area contributed by atoms with E-state index in [1.807, 2.05) is 6.92 Å². The number of aromatic amines is 1. The lowest BCUT2D eigenvalue weighted by Crippen LogP contribution is -2.13. The zero-order chi connectivity index (χ0) is 11.3. The number of H-pyrrole nitrogens is 1. The van der Waals surface area contributed by atoms with Crippen LogP contribution in [0.15, 0.2) is 9.91 Å². The summed E-state index contributed by atoms with van der Waals surface area (Å²) in [4.78, 5) is 19.7. The maximum Gasteiger partial charge on any atom is 0.258 e. The largest absolute Gasteiger partial charge is 0.493 e. The second-order valence-electron chi connectivity index (χ2n) is 2.98. The average Bonchev–Trinajstić information content (AvgIpc) is 2.17. The van der Waals surface area contributed by atoms with E-state index in [1.54, 1.807) is 0 Å². The first-order valence-corrected chi connectivity index (χ1v) is 4.56. The quantitative estimate of drug-likeness (QED) is 0.447. The van der Waals surface area contributed by atoms with E-state index in [2.05, 4.69) is 20.0 Å². The third-order valence-electron chi connectivity index (χ3n) is 1.90. The Kier molecular flexibility index (Phi) is 3.70. The van der Waals surface area contributed by atoms with Gasteiger partial charge < -0.3 is 10.1 Å². The minimum atomic E-state index is -0.460. The molecule has 0 saturated heterocycles. The van der Waals surface area contributed by atoms with Gasteiger partial charge >= 0.3 is 0 Å². The van der Waals surface area contributed by atoms with Gasteiger partial charge in [0.2, 0.25) is 11.8 Å². The van der Waals surface area contributed by atoms with E-state index in [9.17, 15) is 9.90 Å². The van der Waals surface area contributed by atoms with Gasteiger partial charge in [0.05, 0.1) is 5.56 Å². The summed E-state index contributed by atoms with van der Waals surface area (Å²) in [5.41, 5.74) is 7.90. The first-order chi connectivity index (χ1) is 7.19. The molecule has 15 heavy (non-hydrogen) atoms. The summed E-state index contributed by atoms with van der Waals surface area (Å²) in [7, 11) is 0. The Bertz CT molecular complexity index is 447. The molecule has 0 fully saturated rings. The van der Waals surface area contributed by atoms with Crippen molar-refractivity contribution < 1.29 is 5.11 Å². The number of nitrogens with one attached hydrogen (secondary N) is 1. The fraction of sp³-hybridized carbons (Fsp3) is 0.500. The van der Waals surface area contributed by atoms with Crippen LogP contribution >= 0.6 is 0 Å². The van der Waals surface area contributed by atoms with Crippen LogP contribution in [0.1, 0.15) is 25.3 Å². The Labute approximate surface area is 85.4 Å². The van der Waals surface area contributed by atoms with Crippen LogP contribution in [-0.4, -0.2) is 15.1 Å². The number of aromatic nitrogens is 2. The highest BCUT2D eigenvalue weighted by Gasteiger charge is 2.08. The lowest BCUT2D eigenvalue weighted by molar-refractivity contribution is 0.442. The van der Waals surface area contributed by atoms with Crippen LogP contribution in [0.4, 0.5) is 5.95 Å². The first-order valence-electron chi connectivity index (χ1n) is 4.56. The van der Waals surface area contributed by atoms with Gasteiger partial charge in [-0.1, -0.05) is 13.3 Å². The van der Waals surface area contributed by atoms with E-state index in [0.29, 0.717) is 6.42 Å². The van der Waals surface area contributed by atoms with Gasteiger partial charge in [-0.3, -0.25) is 4.79 Å². The molecule has 0 bridgehead atoms. The van der Waals surface area contributed by atoms with Gasteiger partial charge in [0.15, 0.2) is 0 Å². The summed E-state index contributed by atoms with van der Waals surface area (Å²) in [5, 5.41) is 12.5. The van der Waals surface area contributed by atoms with Crippen LogP contribution in [0.5, 0.6) is 5.88 Å². The second kappa shape index (κ2) is 5.02. The number of unbranched alkanes of at least 4 members (excludes halogenated alkanes) is 1. The molecule has 0 spiro atoms. The van der Waals surface area contributed by atoms with Crippen molar-refractivity contribution in [2.24, 2.45) is 5.11 Å². The standard InChI is InChI=1S/C8H11N5O2/c1-2-3-4-5-6(14)10-8(12-13-9)11-7(5)15/h2-4H2,1H3,(H2,10,11,14,15). The van der Waals surface area contributed by atoms with Crippen molar-refractivity contribution in [2.75, 3.05) is 0 Å². The van der Waals surface area contributed by atoms with E-state index >= 15 is 0 Å². The molecule has 1 aromatic rings. The van der Waals surface area contributed by atoms with Crippen LogP contribution in [0, 0.1) is 0 Å². The molecule has 0 radical (unpaired) electrons. The van der Waals surface area contributed by atoms with E-state index in [4.69, 9.17) is 5.53 Å². The van der Waals surface area contributed by atoms with Gasteiger partial charge in [-0.2, -0.15) is 4.98 Å². The van der Waals surface area contributed by atoms with Crippen molar-refractivity contribution in [1.82, 2.24) is 9.97 Å². The Hall–Kier alpha value is -2.01. The number of rotatable bonds is 4. The minimum absolute atomic E-state index is 0.222. The van der Waals surface area contributed by atoms with E-state index in [1.165, 1.54) is 0 Å². The van der Waals surface area contributed by atoms with Crippen LogP contribution in [0.25, 0.3) is 10.4 Å². The highest BCUT2D eigenvalue weighted by molar-refractivity contribution is 5.28. The molecule has 1 heterocycles. The molecule has 0 amide bonds. The molecule has 0 unspecified atom stereocenters. The number of azide groups is 1. The summed E-state index contributed by atoms with van der Waals surface area (Å²) < 4.78 is 0. The monoisotopic (exact) mass is 209 g/mol. The molecule has 1 rings (SSSR count). The summed E-state index contributed by atoms with van der Waals surface area (Å²) in [6.07, 6.45) is 2.16. The molecule has 0 saturated carbocycles. The fourth-order valence-electron chi connectivity index (χ4n) is 1.14. The number of hydrogen-bond acceptors (Lipinski definition) is 4. The van der Waals surface area contributed by atoms with Gasteiger partial charge in [0.25, 0.3) is 5.56 Å². The molecule has 0 aromatic carbocycles. The van der Waals surface area contributed by atoms with Gasteiger partial charge in [-0.15, -0.1) is 0 Å². The van der Waals surface area contributed by atoms with Crippen molar-refractivity contribution >= 4 is 5.95 Å². The van der Waals surface area contributed by atoms with E-state index in [-0.39, 0.29) is 17.4 Å². The Balaban J connectivity index is 3.09. The maximum atomic E-state index is 11.4. The highest BCUT2D eigenvalue weighted by Crippen LogP contribution is 2.14. The molecule has 80 valence electrons. The average molecular weight is 209 g/mol. The van der Waals surface area contributed by atoms with Crippen molar-refractivity contribution in [3.05, 3.63) is 26.4 Å². The summed E-state index contributed by atoms with van der Waals surface area (Å²) in [5.74, 6) is -0.588. The topological polar surface area (TPSA) is 115 Å². The zero-order valence-corrected chi connectivity index (χ0v) is 8.27. The predicted octanol–water partition coefficient (Wildman–Crippen LogP) is 1.76. The van der Waals surface area contributed by atoms with Gasteiger partial charge in [0, 0.05) is 4.91 Å². The summed E-state index contributed by atoms with van der Waals surface area (Å²) >= 11 is 0. The van der Waals surface area contributed by atoms with Gasteiger partial charge in [-0.25, -0.2) is 0 Å². The van der Waals surface area contributed by atoms with Crippen LogP contribution in [0.2, 0.25) is 0 Å². The summed E-state index contributed by atoms with van der Waals surface area (Å²) in [6.45, 7) is 1.98. The number of hydrogen-bond donors (Lipinski definition) is 2. The highest BCUT2D eigenvalue weighted by atomic mass is 16.3. The van der Waals surface area contributed by atoms with Gasteiger partial charge in [0.1, 0.15) is 0 Å². The zero-order valence-electron chi connectivity index (χ0n) is 8.27. The van der Waals surface area contributed by atoms with Crippen LogP contribution in [0.3, 0.4) is 0 Å². The number of nitrogens with zero attached hydrogens (tertiary/aromatic N) is 4. The Morgan fingerprint density at radius 2 is 2.40 bits per heavy atom. The van der Waals surface area contributed by atoms with Crippen molar-refractivity contribution in [2.45, 2.75) is 26.2 Å². The minimum Gasteiger partial charge on any atom is -0.493 e. The molecule has 1 aromatic heterocycles. The molecule has 7 heteroatoms. The third kappa shape index (κ3) is 2.72. The van der Waals surface area contributed by atoms with Crippen molar-refractivity contribution in [3.8, 4) is 5.88 Å².